The molecule has 0 bridgehead atoms. The van der Waals surface area contributed by atoms with Crippen LogP contribution in [0.2, 0.25) is 0 Å². The first kappa shape index (κ1) is 17.8. The third-order valence-corrected chi connectivity index (χ3v) is 5.58. The van der Waals surface area contributed by atoms with Gasteiger partial charge in [0.1, 0.15) is 0 Å². The minimum Gasteiger partial charge on any atom is -0.334 e. The molecule has 3 heterocycles. The average molecular weight is 366 g/mol. The first-order chi connectivity index (χ1) is 13.3. The predicted molar refractivity (Wildman–Crippen MR) is 102 cm³/mol. The second-order valence-electron chi connectivity index (χ2n) is 7.47. The fourth-order valence-electron chi connectivity index (χ4n) is 4.21. The Morgan fingerprint density at radius 2 is 1.93 bits per heavy atom. The van der Waals surface area contributed by atoms with Gasteiger partial charge in [-0.3, -0.25) is 9.78 Å². The second-order valence-corrected chi connectivity index (χ2v) is 7.47. The standard InChI is InChI=1S/C20H26N6O/c27-19(13-15-5-1-2-6-15)26-12-4-3-7-17(26)16-8-9-23-20(24-16)25-18-14-21-10-11-22-18/h8-11,14-15,17H,1-7,12-13H2,(H,22,23,24,25). The molecule has 1 aliphatic carbocycles. The molecule has 2 fully saturated rings. The maximum Gasteiger partial charge on any atom is 0.228 e. The Labute approximate surface area is 159 Å². The first-order valence-electron chi connectivity index (χ1n) is 9.95. The van der Waals surface area contributed by atoms with Crippen LogP contribution in [0.25, 0.3) is 0 Å². The fourth-order valence-corrected chi connectivity index (χ4v) is 4.21. The van der Waals surface area contributed by atoms with Gasteiger partial charge in [0, 0.05) is 31.6 Å². The molecule has 7 heteroatoms. The summed E-state index contributed by atoms with van der Waals surface area (Å²) in [4.78, 5) is 32.2. The van der Waals surface area contributed by atoms with Gasteiger partial charge in [-0.15, -0.1) is 0 Å². The van der Waals surface area contributed by atoms with Crippen LogP contribution in [0.3, 0.4) is 0 Å². The van der Waals surface area contributed by atoms with E-state index < -0.39 is 0 Å². The van der Waals surface area contributed by atoms with Crippen molar-refractivity contribution in [3.8, 4) is 0 Å². The molecule has 2 aromatic heterocycles. The summed E-state index contributed by atoms with van der Waals surface area (Å²) in [7, 11) is 0. The first-order valence-corrected chi connectivity index (χ1v) is 9.95. The molecule has 2 aromatic rings. The van der Waals surface area contributed by atoms with Crippen molar-refractivity contribution in [2.75, 3.05) is 11.9 Å². The molecular formula is C20H26N6O. The topological polar surface area (TPSA) is 83.9 Å². The van der Waals surface area contributed by atoms with Crippen molar-refractivity contribution in [3.63, 3.8) is 0 Å². The van der Waals surface area contributed by atoms with Gasteiger partial charge in [-0.1, -0.05) is 12.8 Å². The van der Waals surface area contributed by atoms with Gasteiger partial charge in [0.05, 0.1) is 17.9 Å². The number of carbonyl (C=O) groups excluding carboxylic acids is 1. The molecule has 1 saturated heterocycles. The smallest absolute Gasteiger partial charge is 0.228 e. The number of nitrogens with one attached hydrogen (secondary N) is 1. The number of aromatic nitrogens is 4. The Balaban J connectivity index is 1.49. The van der Waals surface area contributed by atoms with Gasteiger partial charge in [-0.2, -0.15) is 0 Å². The molecule has 1 unspecified atom stereocenters. The van der Waals surface area contributed by atoms with Crippen molar-refractivity contribution in [2.45, 2.75) is 57.4 Å². The lowest BCUT2D eigenvalue weighted by atomic mass is 9.96. The zero-order valence-corrected chi connectivity index (χ0v) is 15.5. The molecule has 27 heavy (non-hydrogen) atoms. The van der Waals surface area contributed by atoms with Crippen LogP contribution < -0.4 is 5.32 Å². The van der Waals surface area contributed by atoms with Crippen molar-refractivity contribution in [3.05, 3.63) is 36.5 Å². The highest BCUT2D eigenvalue weighted by molar-refractivity contribution is 5.77. The SMILES string of the molecule is O=C(CC1CCCC1)N1CCCCC1c1ccnc(Nc2cnccn2)n1. The lowest BCUT2D eigenvalue weighted by Crippen LogP contribution is -2.39. The summed E-state index contributed by atoms with van der Waals surface area (Å²) in [5.41, 5.74) is 0.899. The van der Waals surface area contributed by atoms with E-state index in [4.69, 9.17) is 0 Å². The lowest BCUT2D eigenvalue weighted by molar-refractivity contribution is -0.136. The van der Waals surface area contributed by atoms with Gasteiger partial charge >= 0.3 is 0 Å². The van der Waals surface area contributed by atoms with Crippen molar-refractivity contribution in [1.82, 2.24) is 24.8 Å². The fraction of sp³-hybridized carbons (Fsp3) is 0.550. The summed E-state index contributed by atoms with van der Waals surface area (Å²) in [6.07, 6.45) is 15.4. The normalized spacial score (nSPS) is 20.6. The van der Waals surface area contributed by atoms with E-state index in [9.17, 15) is 4.79 Å². The maximum absolute atomic E-state index is 13.0. The molecule has 4 rings (SSSR count). The van der Waals surface area contributed by atoms with E-state index in [1.54, 1.807) is 24.8 Å². The Bertz CT molecular complexity index is 762. The summed E-state index contributed by atoms with van der Waals surface area (Å²) in [6, 6.07) is 1.96. The monoisotopic (exact) mass is 366 g/mol. The van der Waals surface area contributed by atoms with E-state index in [0.717, 1.165) is 31.5 Å². The molecule has 1 aliphatic heterocycles. The Morgan fingerprint density at radius 1 is 1.07 bits per heavy atom. The number of likely N-dealkylation sites (tertiary alicyclic amines) is 1. The number of hydrogen-bond donors (Lipinski definition) is 1. The Morgan fingerprint density at radius 3 is 2.74 bits per heavy atom. The predicted octanol–water partition coefficient (Wildman–Crippen LogP) is 3.64. The highest BCUT2D eigenvalue weighted by atomic mass is 16.2. The Kier molecular flexibility index (Phi) is 5.55. The second kappa shape index (κ2) is 8.41. The number of amides is 1. The zero-order chi connectivity index (χ0) is 18.5. The van der Waals surface area contributed by atoms with E-state index in [1.165, 1.54) is 25.7 Å². The molecule has 1 atom stereocenters. The van der Waals surface area contributed by atoms with Crippen molar-refractivity contribution < 1.29 is 4.79 Å². The van der Waals surface area contributed by atoms with E-state index in [0.29, 0.717) is 24.1 Å². The molecule has 0 aromatic carbocycles. The summed E-state index contributed by atoms with van der Waals surface area (Å²) in [6.45, 7) is 0.827. The maximum atomic E-state index is 13.0. The van der Waals surface area contributed by atoms with Gasteiger partial charge in [0.25, 0.3) is 0 Å². The minimum atomic E-state index is 0.0399. The number of anilines is 2. The molecular weight excluding hydrogens is 340 g/mol. The molecule has 1 N–H and O–H groups in total. The van der Waals surface area contributed by atoms with Crippen LogP contribution in [-0.4, -0.2) is 37.3 Å². The van der Waals surface area contributed by atoms with Gasteiger partial charge in [-0.25, -0.2) is 15.0 Å². The van der Waals surface area contributed by atoms with Crippen LogP contribution in [0.5, 0.6) is 0 Å². The van der Waals surface area contributed by atoms with Crippen LogP contribution in [0.1, 0.15) is 63.1 Å². The zero-order valence-electron chi connectivity index (χ0n) is 15.5. The number of rotatable bonds is 5. The van der Waals surface area contributed by atoms with Crippen molar-refractivity contribution in [2.24, 2.45) is 5.92 Å². The van der Waals surface area contributed by atoms with E-state index in [2.05, 4.69) is 30.2 Å². The quantitative estimate of drug-likeness (QED) is 0.870. The third kappa shape index (κ3) is 4.40. The number of carbonyl (C=O) groups is 1. The van der Waals surface area contributed by atoms with Crippen molar-refractivity contribution >= 4 is 17.7 Å². The van der Waals surface area contributed by atoms with Crippen LogP contribution in [0.15, 0.2) is 30.9 Å². The lowest BCUT2D eigenvalue weighted by Gasteiger charge is -2.36. The molecule has 0 radical (unpaired) electrons. The van der Waals surface area contributed by atoms with Gasteiger partial charge in [0.15, 0.2) is 5.82 Å². The van der Waals surface area contributed by atoms with Gasteiger partial charge in [0.2, 0.25) is 11.9 Å². The average Bonchev–Trinajstić information content (AvgIpc) is 3.22. The molecule has 0 spiro atoms. The van der Waals surface area contributed by atoms with Gasteiger partial charge in [-0.05, 0) is 44.1 Å². The highest BCUT2D eigenvalue weighted by Crippen LogP contribution is 2.33. The largest absolute Gasteiger partial charge is 0.334 e. The summed E-state index contributed by atoms with van der Waals surface area (Å²) >= 11 is 0. The van der Waals surface area contributed by atoms with Crippen molar-refractivity contribution in [1.29, 1.82) is 0 Å². The molecule has 142 valence electrons. The molecule has 2 aliphatic rings. The van der Waals surface area contributed by atoms with Crippen LogP contribution in [0, 0.1) is 5.92 Å². The summed E-state index contributed by atoms with van der Waals surface area (Å²) in [5, 5.41) is 3.09. The molecule has 1 amide bonds. The van der Waals surface area contributed by atoms with Crippen LogP contribution >= 0.6 is 0 Å². The number of hydrogen-bond acceptors (Lipinski definition) is 6. The van der Waals surface area contributed by atoms with Crippen LogP contribution in [0.4, 0.5) is 11.8 Å². The van der Waals surface area contributed by atoms with Crippen LogP contribution in [-0.2, 0) is 4.79 Å². The summed E-state index contributed by atoms with van der Waals surface area (Å²) < 4.78 is 0. The number of nitrogens with zero attached hydrogens (tertiary/aromatic N) is 5. The molecule has 1 saturated carbocycles. The van der Waals surface area contributed by atoms with Gasteiger partial charge < -0.3 is 10.2 Å². The van der Waals surface area contributed by atoms with E-state index >= 15 is 0 Å². The number of piperidine rings is 1. The highest BCUT2D eigenvalue weighted by Gasteiger charge is 2.31. The molecule has 7 nitrogen and oxygen atoms in total. The minimum absolute atomic E-state index is 0.0399. The summed E-state index contributed by atoms with van der Waals surface area (Å²) in [5.74, 6) is 1.95. The van der Waals surface area contributed by atoms with E-state index in [1.807, 2.05) is 6.07 Å². The Hall–Kier alpha value is -2.57. The van der Waals surface area contributed by atoms with E-state index in [-0.39, 0.29) is 11.9 Å². The third-order valence-electron chi connectivity index (χ3n) is 5.58.